The molecule has 0 saturated heterocycles. The molecule has 0 amide bonds. The number of para-hydroxylation sites is 1. The van der Waals surface area contributed by atoms with Crippen LogP contribution in [0.4, 0.5) is 0 Å². The van der Waals surface area contributed by atoms with Crippen LogP contribution in [0.1, 0.15) is 0 Å². The summed E-state index contributed by atoms with van der Waals surface area (Å²) < 4.78 is 5.15. The fourth-order valence-electron chi connectivity index (χ4n) is 0.997. The molecule has 0 bridgehead atoms. The molecule has 1 aromatic rings. The first-order valence-corrected chi connectivity index (χ1v) is 4.60. The second-order valence-corrected chi connectivity index (χ2v) is 2.91. The molecule has 0 aromatic heterocycles. The van der Waals surface area contributed by atoms with Crippen LogP contribution < -0.4 is 4.74 Å². The van der Waals surface area contributed by atoms with Gasteiger partial charge < -0.3 is 14.8 Å². The van der Waals surface area contributed by atoms with Gasteiger partial charge in [-0.2, -0.15) is 0 Å². The van der Waals surface area contributed by atoms with Crippen molar-refractivity contribution in [3.8, 4) is 5.75 Å². The monoisotopic (exact) mass is 224 g/mol. The first-order chi connectivity index (χ1) is 7.72. The summed E-state index contributed by atoms with van der Waals surface area (Å²) in [5.41, 5.74) is 0. The number of hydrogen-bond acceptors (Lipinski definition) is 5. The van der Waals surface area contributed by atoms with E-state index in [2.05, 4.69) is 10.1 Å². The van der Waals surface area contributed by atoms with Gasteiger partial charge in [-0.1, -0.05) is 18.2 Å². The second-order valence-electron chi connectivity index (χ2n) is 2.91. The van der Waals surface area contributed by atoms with Gasteiger partial charge in [0.15, 0.2) is 11.9 Å². The molecule has 0 radical (unpaired) electrons. The molecule has 6 heteroatoms. The summed E-state index contributed by atoms with van der Waals surface area (Å²) in [6, 6.07) is 8.87. The number of ketones is 1. The number of hydroxylamine groups is 1. The molecule has 1 aromatic carbocycles. The van der Waals surface area contributed by atoms with Gasteiger partial charge in [-0.05, 0) is 17.0 Å². The minimum atomic E-state index is -0.388. The number of rotatable bonds is 6. The van der Waals surface area contributed by atoms with Gasteiger partial charge >= 0.3 is 0 Å². The summed E-state index contributed by atoms with van der Waals surface area (Å²) in [5.74, 6) is 0.205. The highest BCUT2D eigenvalue weighted by Crippen LogP contribution is 2.07. The van der Waals surface area contributed by atoms with Crippen LogP contribution in [0.3, 0.4) is 0 Å². The van der Waals surface area contributed by atoms with Crippen LogP contribution in [0.15, 0.2) is 35.6 Å². The zero-order valence-corrected chi connectivity index (χ0v) is 8.83. The van der Waals surface area contributed by atoms with Gasteiger partial charge in [-0.25, -0.2) is 0 Å². The van der Waals surface area contributed by atoms with Crippen molar-refractivity contribution in [2.24, 2.45) is 5.28 Å². The highest BCUT2D eigenvalue weighted by Gasteiger charge is 2.09. The lowest BCUT2D eigenvalue weighted by atomic mass is 10.3. The van der Waals surface area contributed by atoms with Crippen molar-refractivity contribution >= 4 is 5.78 Å². The van der Waals surface area contributed by atoms with Crippen LogP contribution >= 0.6 is 0 Å². The normalized spacial score (nSPS) is 10.9. The third kappa shape index (κ3) is 4.41. The Morgan fingerprint density at radius 1 is 1.44 bits per heavy atom. The van der Waals surface area contributed by atoms with Gasteiger partial charge in [0.05, 0.1) is 0 Å². The zero-order chi connectivity index (χ0) is 11.8. The molecule has 0 atom stereocenters. The van der Waals surface area contributed by atoms with Crippen LogP contribution in [0.2, 0.25) is 0 Å². The molecular formula is C10H12N2O4. The van der Waals surface area contributed by atoms with E-state index in [1.165, 1.54) is 7.11 Å². The van der Waals surface area contributed by atoms with Crippen molar-refractivity contribution in [3.63, 3.8) is 0 Å². The zero-order valence-electron chi connectivity index (χ0n) is 8.83. The van der Waals surface area contributed by atoms with Crippen LogP contribution in [0, 0.1) is 5.21 Å². The number of ether oxygens (including phenoxy) is 1. The number of carbonyl (C=O) groups is 1. The molecule has 1 rings (SSSR count). The Kier molecular flexibility index (Phi) is 4.78. The first kappa shape index (κ1) is 12.0. The molecule has 0 unspecified atom stereocenters. The third-order valence-corrected chi connectivity index (χ3v) is 1.63. The van der Waals surface area contributed by atoms with Crippen molar-refractivity contribution in [2.45, 2.75) is 0 Å². The van der Waals surface area contributed by atoms with E-state index in [1.807, 2.05) is 6.07 Å². The van der Waals surface area contributed by atoms with E-state index in [0.717, 1.165) is 0 Å². The van der Waals surface area contributed by atoms with Gasteiger partial charge in [0, 0.05) is 0 Å². The van der Waals surface area contributed by atoms with E-state index in [0.29, 0.717) is 5.75 Å². The Bertz CT molecular complexity index is 364. The standard InChI is InChI=1S/C10H12N2O4/c1-15-11-12(14)7-9(13)8-16-10-5-3-2-4-6-10/h2-6H,7-8H2,1H3/b12-11+. The molecule has 0 spiro atoms. The van der Waals surface area contributed by atoms with E-state index in [1.54, 1.807) is 24.3 Å². The van der Waals surface area contributed by atoms with Crippen LogP contribution in [0.25, 0.3) is 0 Å². The van der Waals surface area contributed by atoms with Gasteiger partial charge in [0.2, 0.25) is 12.3 Å². The van der Waals surface area contributed by atoms with Gasteiger partial charge in [0.1, 0.15) is 12.9 Å². The fraction of sp³-hybridized carbons (Fsp3) is 0.300. The average molecular weight is 224 g/mol. The van der Waals surface area contributed by atoms with E-state index < -0.39 is 0 Å². The number of hydrogen-bond donors (Lipinski definition) is 0. The average Bonchev–Trinajstić information content (AvgIpc) is 2.28. The van der Waals surface area contributed by atoms with Gasteiger partial charge in [-0.15, -0.1) is 0 Å². The number of carbonyl (C=O) groups excluding carboxylic acids is 1. The molecule has 86 valence electrons. The maximum absolute atomic E-state index is 11.2. The summed E-state index contributed by atoms with van der Waals surface area (Å²) in [4.78, 5) is 15.6. The third-order valence-electron chi connectivity index (χ3n) is 1.63. The van der Waals surface area contributed by atoms with E-state index in [4.69, 9.17) is 4.74 Å². The minimum absolute atomic E-state index is 0.163. The second kappa shape index (κ2) is 6.39. The van der Waals surface area contributed by atoms with E-state index >= 15 is 0 Å². The Balaban J connectivity index is 2.33. The summed E-state index contributed by atoms with van der Waals surface area (Å²) in [6.45, 7) is -0.553. The Labute approximate surface area is 92.6 Å². The molecule has 0 aliphatic carbocycles. The molecule has 0 aliphatic heterocycles. The smallest absolute Gasteiger partial charge is 0.245 e. The largest absolute Gasteiger partial charge is 0.597 e. The molecule has 0 aliphatic rings. The Hall–Kier alpha value is -2.11. The van der Waals surface area contributed by atoms with Crippen molar-refractivity contribution in [1.29, 1.82) is 0 Å². The maximum atomic E-state index is 11.2. The molecule has 0 saturated carbocycles. The lowest BCUT2D eigenvalue weighted by Crippen LogP contribution is -2.21. The minimum Gasteiger partial charge on any atom is -0.597 e. The molecule has 6 nitrogen and oxygen atoms in total. The molecular weight excluding hydrogens is 212 g/mol. The number of benzene rings is 1. The van der Waals surface area contributed by atoms with E-state index in [9.17, 15) is 10.0 Å². The maximum Gasteiger partial charge on any atom is 0.245 e. The van der Waals surface area contributed by atoms with Crippen molar-refractivity contribution in [1.82, 2.24) is 0 Å². The highest BCUT2D eigenvalue weighted by atomic mass is 16.7. The first-order valence-electron chi connectivity index (χ1n) is 4.60. The van der Waals surface area contributed by atoms with E-state index in [-0.39, 0.29) is 23.8 Å². The molecule has 0 N–H and O–H groups in total. The highest BCUT2D eigenvalue weighted by molar-refractivity contribution is 5.80. The molecule has 16 heavy (non-hydrogen) atoms. The lowest BCUT2D eigenvalue weighted by Gasteiger charge is -2.03. The topological polar surface area (TPSA) is 74.0 Å². The summed E-state index contributed by atoms with van der Waals surface area (Å²) in [7, 11) is 1.23. The number of Topliss-reactive ketones (excluding diaryl/α,β-unsaturated/α-hetero) is 1. The Morgan fingerprint density at radius 2 is 2.12 bits per heavy atom. The van der Waals surface area contributed by atoms with Crippen LogP contribution in [0.5, 0.6) is 5.75 Å². The van der Waals surface area contributed by atoms with Crippen molar-refractivity contribution in [2.75, 3.05) is 20.3 Å². The summed E-state index contributed by atoms with van der Waals surface area (Å²) in [6.07, 6.45) is 0. The summed E-state index contributed by atoms with van der Waals surface area (Å²) >= 11 is 0. The van der Waals surface area contributed by atoms with Gasteiger partial charge in [-0.3, -0.25) is 4.79 Å². The quantitative estimate of drug-likeness (QED) is 0.413. The SMILES string of the molecule is CO/N=[N+](/[O-])CC(=O)COc1ccccc1. The summed E-state index contributed by atoms with van der Waals surface area (Å²) in [5, 5.41) is 13.8. The predicted octanol–water partition coefficient (Wildman–Crippen LogP) is 1.16. The lowest BCUT2D eigenvalue weighted by molar-refractivity contribution is -0.546. The van der Waals surface area contributed by atoms with Crippen molar-refractivity contribution in [3.05, 3.63) is 35.5 Å². The fourth-order valence-corrected chi connectivity index (χ4v) is 0.997. The number of nitrogens with zero attached hydrogens (tertiary/aromatic N) is 2. The predicted molar refractivity (Wildman–Crippen MR) is 54.9 cm³/mol. The van der Waals surface area contributed by atoms with Crippen LogP contribution in [-0.2, 0) is 9.63 Å². The molecule has 0 heterocycles. The van der Waals surface area contributed by atoms with Crippen LogP contribution in [-0.4, -0.2) is 30.9 Å². The van der Waals surface area contributed by atoms with Crippen molar-refractivity contribution < 1.29 is 19.2 Å². The molecule has 0 fully saturated rings. The Morgan fingerprint density at radius 3 is 2.75 bits per heavy atom. The van der Waals surface area contributed by atoms with Gasteiger partial charge in [0.25, 0.3) is 0 Å².